The van der Waals surface area contributed by atoms with Crippen LogP contribution < -0.4 is 16.2 Å². The number of amides is 1. The number of halogens is 1. The molecule has 2 aromatic heterocycles. The largest absolute Gasteiger partial charge is 0.343 e. The third kappa shape index (κ3) is 3.53. The number of hydrogen-bond acceptors (Lipinski definition) is 3. The van der Waals surface area contributed by atoms with Crippen molar-refractivity contribution in [2.45, 2.75) is 38.9 Å². The van der Waals surface area contributed by atoms with Gasteiger partial charge in [-0.1, -0.05) is 23.8 Å². The molecule has 1 atom stereocenters. The molecule has 0 radical (unpaired) electrons. The number of fused-ring (bicyclic) bond motifs is 4. The Morgan fingerprint density at radius 3 is 3.00 bits per heavy atom. The van der Waals surface area contributed by atoms with Gasteiger partial charge in [0.2, 0.25) is 0 Å². The van der Waals surface area contributed by atoms with Crippen molar-refractivity contribution in [1.29, 1.82) is 0 Å². The lowest BCUT2D eigenvalue weighted by Crippen LogP contribution is -2.44. The summed E-state index contributed by atoms with van der Waals surface area (Å²) in [5.74, 6) is 0.622. The second-order valence-corrected chi connectivity index (χ2v) is 8.89. The summed E-state index contributed by atoms with van der Waals surface area (Å²) in [4.78, 5) is 22.8. The third-order valence-corrected chi connectivity index (χ3v) is 6.46. The quantitative estimate of drug-likeness (QED) is 0.529. The number of benzene rings is 2. The fourth-order valence-corrected chi connectivity index (χ4v) is 4.93. The van der Waals surface area contributed by atoms with E-state index in [1.54, 1.807) is 6.07 Å². The van der Waals surface area contributed by atoms with Crippen molar-refractivity contribution in [3.05, 3.63) is 87.8 Å². The van der Waals surface area contributed by atoms with Crippen LogP contribution in [0.5, 0.6) is 0 Å². The molecule has 2 aromatic carbocycles. The number of aryl methyl sites for hydroxylation is 2. The summed E-state index contributed by atoms with van der Waals surface area (Å²) >= 11 is 0. The van der Waals surface area contributed by atoms with Gasteiger partial charge in [-0.25, -0.2) is 9.37 Å². The zero-order valence-electron chi connectivity index (χ0n) is 18.4. The van der Waals surface area contributed by atoms with Crippen molar-refractivity contribution in [3.8, 4) is 0 Å². The fourth-order valence-electron chi connectivity index (χ4n) is 4.93. The highest BCUT2D eigenvalue weighted by Gasteiger charge is 2.22. The number of nitrogens with one attached hydrogen (secondary N) is 1. The van der Waals surface area contributed by atoms with Gasteiger partial charge in [0, 0.05) is 30.4 Å². The molecule has 0 saturated heterocycles. The van der Waals surface area contributed by atoms with Crippen LogP contribution in [-0.4, -0.2) is 32.6 Å². The van der Waals surface area contributed by atoms with Gasteiger partial charge in [0.1, 0.15) is 22.7 Å². The Kier molecular flexibility index (Phi) is 4.64. The molecular weight excluding hydrogens is 417 g/mol. The highest BCUT2D eigenvalue weighted by atomic mass is 19.1. The van der Waals surface area contributed by atoms with Crippen molar-refractivity contribution in [1.82, 2.24) is 19.4 Å². The maximum absolute atomic E-state index is 13.8. The van der Waals surface area contributed by atoms with E-state index in [-0.39, 0.29) is 17.8 Å². The number of carbonyl (C=O) groups is 1. The predicted molar refractivity (Wildman–Crippen MR) is 124 cm³/mol. The van der Waals surface area contributed by atoms with Gasteiger partial charge in [-0.3, -0.25) is 9.79 Å². The van der Waals surface area contributed by atoms with Crippen LogP contribution in [0, 0.1) is 12.7 Å². The molecule has 0 fully saturated rings. The molecule has 7 heteroatoms. The molecule has 2 aliphatic rings. The zero-order chi connectivity index (χ0) is 22.5. The van der Waals surface area contributed by atoms with E-state index in [1.807, 2.05) is 41.8 Å². The summed E-state index contributed by atoms with van der Waals surface area (Å²) < 4.78 is 17.9. The van der Waals surface area contributed by atoms with Gasteiger partial charge in [-0.05, 0) is 55.3 Å². The smallest absolute Gasteiger partial charge is 0.268 e. The topological polar surface area (TPSA) is 64.2 Å². The molecule has 166 valence electrons. The van der Waals surface area contributed by atoms with Crippen LogP contribution in [0.2, 0.25) is 0 Å². The zero-order valence-corrected chi connectivity index (χ0v) is 18.4. The van der Waals surface area contributed by atoms with E-state index in [0.29, 0.717) is 18.8 Å². The van der Waals surface area contributed by atoms with Crippen LogP contribution in [0.25, 0.3) is 17.0 Å². The molecule has 33 heavy (non-hydrogen) atoms. The molecule has 0 saturated carbocycles. The second kappa shape index (κ2) is 7.69. The molecule has 0 aliphatic carbocycles. The molecule has 2 aliphatic heterocycles. The summed E-state index contributed by atoms with van der Waals surface area (Å²) in [6.45, 7) is 3.89. The first kappa shape index (κ1) is 19.9. The molecule has 4 aromatic rings. The van der Waals surface area contributed by atoms with Gasteiger partial charge < -0.3 is 14.5 Å². The number of imidazole rings is 1. The third-order valence-electron chi connectivity index (χ3n) is 6.46. The van der Waals surface area contributed by atoms with Crippen LogP contribution in [0.3, 0.4) is 0 Å². The van der Waals surface area contributed by atoms with E-state index in [0.717, 1.165) is 58.1 Å². The minimum Gasteiger partial charge on any atom is -0.343 e. The lowest BCUT2D eigenvalue weighted by molar-refractivity contribution is 0.0938. The molecule has 4 heterocycles. The maximum Gasteiger partial charge on any atom is 0.268 e. The van der Waals surface area contributed by atoms with Gasteiger partial charge in [-0.15, -0.1) is 0 Å². The first-order valence-corrected chi connectivity index (χ1v) is 11.3. The number of aromatic nitrogens is 3. The van der Waals surface area contributed by atoms with Gasteiger partial charge >= 0.3 is 0 Å². The van der Waals surface area contributed by atoms with Gasteiger partial charge in [0.05, 0.1) is 12.6 Å². The molecule has 1 unspecified atom stereocenters. The molecular formula is C26H24FN5O. The number of carbonyl (C=O) groups excluding carboxylic acids is 1. The Hall–Kier alpha value is -3.74. The van der Waals surface area contributed by atoms with Gasteiger partial charge in [-0.2, -0.15) is 0 Å². The molecule has 6 rings (SSSR count). The van der Waals surface area contributed by atoms with Crippen molar-refractivity contribution in [3.63, 3.8) is 0 Å². The van der Waals surface area contributed by atoms with Crippen molar-refractivity contribution < 1.29 is 9.18 Å². The van der Waals surface area contributed by atoms with Crippen LogP contribution in [0.1, 0.15) is 33.9 Å². The SMILES string of the molecule is Cc1ccc2c(c1)cc(C(=O)NC1C=c3nc4n(c3=NC1)CCC4)n2Cc1cccc(F)c1. The molecule has 0 spiro atoms. The van der Waals surface area contributed by atoms with E-state index >= 15 is 0 Å². The minimum atomic E-state index is -0.285. The summed E-state index contributed by atoms with van der Waals surface area (Å²) in [5.41, 5.74) is 4.35. The molecule has 0 bridgehead atoms. The molecule has 1 amide bonds. The number of hydrogen-bond donors (Lipinski definition) is 1. The fraction of sp³-hybridized carbons (Fsp3) is 0.269. The highest BCUT2D eigenvalue weighted by Crippen LogP contribution is 2.23. The minimum absolute atomic E-state index is 0.174. The summed E-state index contributed by atoms with van der Waals surface area (Å²) in [5, 5.41) is 4.97. The summed E-state index contributed by atoms with van der Waals surface area (Å²) in [6.07, 6.45) is 4.10. The first-order chi connectivity index (χ1) is 16.0. The first-order valence-electron chi connectivity index (χ1n) is 11.3. The number of rotatable bonds is 4. The van der Waals surface area contributed by atoms with E-state index in [4.69, 9.17) is 9.98 Å². The van der Waals surface area contributed by atoms with Gasteiger partial charge in [0.15, 0.2) is 5.49 Å². The lowest BCUT2D eigenvalue weighted by Gasteiger charge is -2.16. The second-order valence-electron chi connectivity index (χ2n) is 8.89. The molecule has 1 N–H and O–H groups in total. The monoisotopic (exact) mass is 441 g/mol. The van der Waals surface area contributed by atoms with E-state index in [9.17, 15) is 9.18 Å². The normalized spacial score (nSPS) is 16.7. The Bertz CT molecular complexity index is 1530. The van der Waals surface area contributed by atoms with Crippen LogP contribution in [-0.2, 0) is 19.5 Å². The summed E-state index contributed by atoms with van der Waals surface area (Å²) in [6, 6.07) is 14.3. The van der Waals surface area contributed by atoms with Crippen LogP contribution in [0.15, 0.2) is 53.5 Å². The Morgan fingerprint density at radius 2 is 2.12 bits per heavy atom. The average Bonchev–Trinajstić information content (AvgIpc) is 3.46. The summed E-state index contributed by atoms with van der Waals surface area (Å²) in [7, 11) is 0. The Labute approximate surface area is 190 Å². The Morgan fingerprint density at radius 1 is 1.21 bits per heavy atom. The Balaban J connectivity index is 1.34. The van der Waals surface area contributed by atoms with Gasteiger partial charge in [0.25, 0.3) is 5.91 Å². The van der Waals surface area contributed by atoms with Crippen molar-refractivity contribution >= 4 is 22.9 Å². The molecule has 6 nitrogen and oxygen atoms in total. The van der Waals surface area contributed by atoms with Crippen LogP contribution >= 0.6 is 0 Å². The van der Waals surface area contributed by atoms with Crippen molar-refractivity contribution in [2.75, 3.05) is 6.54 Å². The predicted octanol–water partition coefficient (Wildman–Crippen LogP) is 2.49. The van der Waals surface area contributed by atoms with Crippen molar-refractivity contribution in [2.24, 2.45) is 4.99 Å². The average molecular weight is 442 g/mol. The van der Waals surface area contributed by atoms with E-state index in [1.165, 1.54) is 12.1 Å². The number of nitrogens with zero attached hydrogens (tertiary/aromatic N) is 4. The maximum atomic E-state index is 13.8. The highest BCUT2D eigenvalue weighted by molar-refractivity contribution is 5.99. The van der Waals surface area contributed by atoms with Crippen LogP contribution in [0.4, 0.5) is 4.39 Å². The lowest BCUT2D eigenvalue weighted by atomic mass is 10.2. The standard InChI is InChI=1S/C26H24FN5O/c1-16-7-8-22-18(10-16)12-23(32(22)15-17-4-2-5-19(27)11-17)26(33)29-20-13-21-25(28-14-20)31-9-3-6-24(31)30-21/h2,4-5,7-8,10-13,20H,3,6,9,14-15H2,1H3,(H,29,33). The van der Waals surface area contributed by atoms with E-state index < -0.39 is 0 Å². The van der Waals surface area contributed by atoms with E-state index in [2.05, 4.69) is 16.0 Å².